The van der Waals surface area contributed by atoms with Gasteiger partial charge in [-0.15, -0.1) is 0 Å². The summed E-state index contributed by atoms with van der Waals surface area (Å²) in [6.45, 7) is 2.59. The number of nitro groups is 1. The molecule has 0 radical (unpaired) electrons. The first-order valence-electron chi connectivity index (χ1n) is 10.5. The molecule has 0 aromatic heterocycles. The van der Waals surface area contributed by atoms with Crippen LogP contribution in [0.2, 0.25) is 5.02 Å². The van der Waals surface area contributed by atoms with Crippen LogP contribution in [0, 0.1) is 28.9 Å². The average Bonchev–Trinajstić information content (AvgIpc) is 3.41. The van der Waals surface area contributed by atoms with Crippen LogP contribution >= 0.6 is 11.6 Å². The lowest BCUT2D eigenvalue weighted by atomic mass is 9.85. The van der Waals surface area contributed by atoms with Crippen molar-refractivity contribution in [1.82, 2.24) is 4.90 Å². The molecular formula is C23H20ClN3O5. The monoisotopic (exact) mass is 453 g/mol. The zero-order valence-corrected chi connectivity index (χ0v) is 18.0. The van der Waals surface area contributed by atoms with E-state index in [2.05, 4.69) is 0 Å². The molecule has 0 saturated carbocycles. The van der Waals surface area contributed by atoms with Crippen LogP contribution in [0.5, 0.6) is 0 Å². The van der Waals surface area contributed by atoms with E-state index >= 15 is 0 Å². The highest BCUT2D eigenvalue weighted by atomic mass is 35.5. The molecule has 8 nitrogen and oxygen atoms in total. The number of carbonyl (C=O) groups is 3. The largest absolute Gasteiger partial charge is 0.292 e. The van der Waals surface area contributed by atoms with Crippen molar-refractivity contribution in [3.8, 4) is 0 Å². The van der Waals surface area contributed by atoms with Gasteiger partial charge in [0.1, 0.15) is 5.02 Å². The molecule has 3 saturated heterocycles. The van der Waals surface area contributed by atoms with Gasteiger partial charge in [0, 0.05) is 17.7 Å². The Labute approximate surface area is 188 Å². The van der Waals surface area contributed by atoms with Gasteiger partial charge in [0.25, 0.3) is 5.69 Å². The SMILES string of the molecule is Cc1ccc(C(=O)[C@@H]2[C@@H]3C(=O)N(c4ccc(Cl)c([N+](=O)[O-])c4)C(=O)[C@H]3[C@@H]3CCCN23)cc1. The number of nitro benzene ring substituents is 1. The van der Waals surface area contributed by atoms with E-state index in [-0.39, 0.29) is 28.2 Å². The van der Waals surface area contributed by atoms with Crippen molar-refractivity contribution in [2.45, 2.75) is 31.8 Å². The van der Waals surface area contributed by atoms with Crippen molar-refractivity contribution in [2.24, 2.45) is 11.8 Å². The highest BCUT2D eigenvalue weighted by Gasteiger charge is 2.64. The van der Waals surface area contributed by atoms with Crippen LogP contribution in [0.1, 0.15) is 28.8 Å². The second-order valence-corrected chi connectivity index (χ2v) is 8.99. The standard InChI is InChI=1S/C23H20ClN3O5/c1-12-4-6-13(7-5-12)21(28)20-19-18(16-3-2-10-25(16)20)22(29)26(23(19)30)14-8-9-15(24)17(11-14)27(31)32/h4-9,11,16,18-20H,2-3,10H2,1H3/t16-,18-,19+,20-/m0/s1. The van der Waals surface area contributed by atoms with E-state index in [4.69, 9.17) is 11.6 Å². The number of nitrogens with zero attached hydrogens (tertiary/aromatic N) is 3. The van der Waals surface area contributed by atoms with E-state index < -0.39 is 34.6 Å². The molecule has 0 spiro atoms. The Kier molecular flexibility index (Phi) is 4.87. The molecule has 4 atom stereocenters. The number of benzene rings is 2. The summed E-state index contributed by atoms with van der Waals surface area (Å²) < 4.78 is 0. The molecule has 2 aromatic carbocycles. The number of imide groups is 1. The number of anilines is 1. The van der Waals surface area contributed by atoms with Gasteiger partial charge in [0.05, 0.1) is 28.5 Å². The molecule has 9 heteroatoms. The number of halogens is 1. The predicted molar refractivity (Wildman–Crippen MR) is 117 cm³/mol. The summed E-state index contributed by atoms with van der Waals surface area (Å²) in [7, 11) is 0. The van der Waals surface area contributed by atoms with Gasteiger partial charge in [-0.2, -0.15) is 0 Å². The van der Waals surface area contributed by atoms with Crippen LogP contribution in [0.15, 0.2) is 42.5 Å². The van der Waals surface area contributed by atoms with Crippen molar-refractivity contribution in [3.05, 3.63) is 68.7 Å². The summed E-state index contributed by atoms with van der Waals surface area (Å²) in [5, 5.41) is 11.2. The molecule has 2 aromatic rings. The molecule has 0 N–H and O–H groups in total. The molecule has 0 unspecified atom stereocenters. The molecule has 5 rings (SSSR count). The zero-order valence-electron chi connectivity index (χ0n) is 17.2. The van der Waals surface area contributed by atoms with Crippen molar-refractivity contribution >= 4 is 40.6 Å². The third kappa shape index (κ3) is 2.97. The number of rotatable bonds is 4. The first kappa shape index (κ1) is 20.8. The van der Waals surface area contributed by atoms with Crippen molar-refractivity contribution < 1.29 is 19.3 Å². The topological polar surface area (TPSA) is 101 Å². The van der Waals surface area contributed by atoms with Gasteiger partial charge in [-0.25, -0.2) is 4.90 Å². The maximum absolute atomic E-state index is 13.5. The summed E-state index contributed by atoms with van der Waals surface area (Å²) in [6.07, 6.45) is 1.58. The third-order valence-electron chi connectivity index (χ3n) is 6.84. The number of hydrogen-bond acceptors (Lipinski definition) is 6. The fraction of sp³-hybridized carbons (Fsp3) is 0.348. The Morgan fingerprint density at radius 3 is 2.47 bits per heavy atom. The van der Waals surface area contributed by atoms with Crippen LogP contribution in [-0.2, 0) is 9.59 Å². The molecule has 2 amide bonds. The van der Waals surface area contributed by atoms with E-state index in [0.29, 0.717) is 12.1 Å². The molecule has 0 aliphatic carbocycles. The fourth-order valence-corrected chi connectivity index (χ4v) is 5.62. The van der Waals surface area contributed by atoms with Gasteiger partial charge in [0.2, 0.25) is 11.8 Å². The smallest absolute Gasteiger partial charge is 0.289 e. The van der Waals surface area contributed by atoms with Gasteiger partial charge in [-0.1, -0.05) is 41.4 Å². The average molecular weight is 454 g/mol. The number of Topliss-reactive ketones (excluding diaryl/α,β-unsaturated/α-hetero) is 1. The van der Waals surface area contributed by atoms with E-state index in [1.54, 1.807) is 12.1 Å². The Balaban J connectivity index is 1.55. The molecule has 3 fully saturated rings. The molecule has 32 heavy (non-hydrogen) atoms. The minimum absolute atomic E-state index is 0.0765. The van der Waals surface area contributed by atoms with Crippen molar-refractivity contribution in [3.63, 3.8) is 0 Å². The Morgan fingerprint density at radius 1 is 1.09 bits per heavy atom. The van der Waals surface area contributed by atoms with Crippen LogP contribution in [0.3, 0.4) is 0 Å². The van der Waals surface area contributed by atoms with Crippen molar-refractivity contribution in [2.75, 3.05) is 11.4 Å². The lowest BCUT2D eigenvalue weighted by Gasteiger charge is -2.27. The second kappa shape index (κ2) is 7.50. The third-order valence-corrected chi connectivity index (χ3v) is 7.16. The van der Waals surface area contributed by atoms with Gasteiger partial charge in [0.15, 0.2) is 5.78 Å². The highest BCUT2D eigenvalue weighted by Crippen LogP contribution is 2.49. The number of aryl methyl sites for hydroxylation is 1. The maximum atomic E-state index is 13.5. The summed E-state index contributed by atoms with van der Waals surface area (Å²) in [5.41, 5.74) is 1.26. The number of fused-ring (bicyclic) bond motifs is 3. The van der Waals surface area contributed by atoms with Crippen molar-refractivity contribution in [1.29, 1.82) is 0 Å². The summed E-state index contributed by atoms with van der Waals surface area (Å²) in [4.78, 5) is 54.1. The highest BCUT2D eigenvalue weighted by molar-refractivity contribution is 6.33. The molecule has 3 aliphatic heterocycles. The number of carbonyl (C=O) groups excluding carboxylic acids is 3. The van der Waals surface area contributed by atoms with E-state index in [0.717, 1.165) is 29.4 Å². The summed E-state index contributed by atoms with van der Waals surface area (Å²) >= 11 is 5.90. The van der Waals surface area contributed by atoms with E-state index in [1.807, 2.05) is 24.0 Å². The number of ketones is 1. The van der Waals surface area contributed by atoms with Gasteiger partial charge < -0.3 is 0 Å². The summed E-state index contributed by atoms with van der Waals surface area (Å²) in [6, 6.07) is 10.2. The fourth-order valence-electron chi connectivity index (χ4n) is 5.44. The maximum Gasteiger partial charge on any atom is 0.289 e. The van der Waals surface area contributed by atoms with Crippen LogP contribution < -0.4 is 4.90 Å². The van der Waals surface area contributed by atoms with Crippen LogP contribution in [0.25, 0.3) is 0 Å². The number of hydrogen-bond donors (Lipinski definition) is 0. The van der Waals surface area contributed by atoms with E-state index in [1.165, 1.54) is 12.1 Å². The molecule has 3 heterocycles. The minimum atomic E-state index is -0.809. The normalized spacial score (nSPS) is 27.0. The van der Waals surface area contributed by atoms with E-state index in [9.17, 15) is 24.5 Å². The Hall–Kier alpha value is -3.10. The molecule has 164 valence electrons. The first-order valence-corrected chi connectivity index (χ1v) is 10.9. The molecular weight excluding hydrogens is 434 g/mol. The lowest BCUT2D eigenvalue weighted by Crippen LogP contribution is -2.46. The summed E-state index contributed by atoms with van der Waals surface area (Å²) in [5.74, 6) is -2.52. The Morgan fingerprint density at radius 2 is 1.78 bits per heavy atom. The quantitative estimate of drug-likeness (QED) is 0.304. The lowest BCUT2D eigenvalue weighted by molar-refractivity contribution is -0.384. The van der Waals surface area contributed by atoms with Gasteiger partial charge in [-0.3, -0.25) is 29.4 Å². The molecule has 0 bridgehead atoms. The number of amides is 2. The minimum Gasteiger partial charge on any atom is -0.292 e. The van der Waals surface area contributed by atoms with Crippen LogP contribution in [-0.4, -0.2) is 46.0 Å². The second-order valence-electron chi connectivity index (χ2n) is 8.58. The first-order chi connectivity index (χ1) is 15.3. The predicted octanol–water partition coefficient (Wildman–Crippen LogP) is 3.39. The van der Waals surface area contributed by atoms with Gasteiger partial charge >= 0.3 is 0 Å². The Bertz CT molecular complexity index is 1160. The van der Waals surface area contributed by atoms with Gasteiger partial charge in [-0.05, 0) is 38.4 Å². The molecule has 3 aliphatic rings. The zero-order chi connectivity index (χ0) is 22.7. The van der Waals surface area contributed by atoms with Crippen LogP contribution in [0.4, 0.5) is 11.4 Å².